The van der Waals surface area contributed by atoms with Crippen molar-refractivity contribution in [3.05, 3.63) is 0 Å². The van der Waals surface area contributed by atoms with E-state index in [4.69, 9.17) is 0 Å². The fourth-order valence-electron chi connectivity index (χ4n) is 1.79. The first-order chi connectivity index (χ1) is 6.33. The van der Waals surface area contributed by atoms with Crippen LogP contribution < -0.4 is 5.32 Å². The summed E-state index contributed by atoms with van der Waals surface area (Å²) >= 11 is 0. The fraction of sp³-hybridized carbons (Fsp3) is 1.00. The maximum absolute atomic E-state index is 12.0. The molecule has 0 spiro atoms. The van der Waals surface area contributed by atoms with Crippen LogP contribution in [0.5, 0.6) is 0 Å². The molecule has 0 amide bonds. The van der Waals surface area contributed by atoms with Gasteiger partial charge in [-0.25, -0.2) is 0 Å². The van der Waals surface area contributed by atoms with Crippen molar-refractivity contribution in [2.24, 2.45) is 5.92 Å². The molecule has 0 aromatic carbocycles. The highest BCUT2D eigenvalue weighted by Gasteiger charge is 2.39. The molecule has 2 N–H and O–H groups in total. The lowest BCUT2D eigenvalue weighted by Crippen LogP contribution is -2.49. The number of hydrogen-bond acceptors (Lipinski definition) is 2. The highest BCUT2D eigenvalue weighted by atomic mass is 19.4. The van der Waals surface area contributed by atoms with Gasteiger partial charge in [0.1, 0.15) is 0 Å². The summed E-state index contributed by atoms with van der Waals surface area (Å²) in [5, 5.41) is 13.0. The highest BCUT2D eigenvalue weighted by Crippen LogP contribution is 2.33. The SMILES string of the molecule is CC1CNCCC1(O)CCC(F)(F)F. The average Bonchev–Trinajstić information content (AvgIpc) is 2.06. The third-order valence-corrected chi connectivity index (χ3v) is 2.94. The van der Waals surface area contributed by atoms with Gasteiger partial charge in [0, 0.05) is 13.0 Å². The highest BCUT2D eigenvalue weighted by molar-refractivity contribution is 4.90. The summed E-state index contributed by atoms with van der Waals surface area (Å²) in [5.74, 6) is -0.112. The Morgan fingerprint density at radius 3 is 2.64 bits per heavy atom. The van der Waals surface area contributed by atoms with Gasteiger partial charge in [-0.3, -0.25) is 0 Å². The van der Waals surface area contributed by atoms with Crippen molar-refractivity contribution in [3.8, 4) is 0 Å². The lowest BCUT2D eigenvalue weighted by atomic mass is 9.79. The minimum atomic E-state index is -4.17. The van der Waals surface area contributed by atoms with Crippen LogP contribution in [0.1, 0.15) is 26.2 Å². The molecule has 14 heavy (non-hydrogen) atoms. The molecule has 1 rings (SSSR count). The summed E-state index contributed by atoms with van der Waals surface area (Å²) in [6.07, 6.45) is -4.84. The first kappa shape index (κ1) is 11.8. The predicted molar refractivity (Wildman–Crippen MR) is 46.9 cm³/mol. The Labute approximate surface area is 81.5 Å². The maximum Gasteiger partial charge on any atom is 0.389 e. The minimum absolute atomic E-state index is 0.112. The topological polar surface area (TPSA) is 32.3 Å². The first-order valence-corrected chi connectivity index (χ1v) is 4.83. The molecule has 2 atom stereocenters. The van der Waals surface area contributed by atoms with E-state index in [-0.39, 0.29) is 12.3 Å². The number of nitrogens with one attached hydrogen (secondary N) is 1. The van der Waals surface area contributed by atoms with Gasteiger partial charge in [0.05, 0.1) is 5.60 Å². The van der Waals surface area contributed by atoms with E-state index in [1.54, 1.807) is 6.92 Å². The largest absolute Gasteiger partial charge is 0.390 e. The van der Waals surface area contributed by atoms with Gasteiger partial charge in [0.25, 0.3) is 0 Å². The zero-order valence-electron chi connectivity index (χ0n) is 8.19. The molecule has 1 aliphatic heterocycles. The number of alkyl halides is 3. The van der Waals surface area contributed by atoms with E-state index in [2.05, 4.69) is 5.32 Å². The average molecular weight is 211 g/mol. The monoisotopic (exact) mass is 211 g/mol. The molecular weight excluding hydrogens is 195 g/mol. The zero-order chi connectivity index (χ0) is 10.8. The van der Waals surface area contributed by atoms with Crippen LogP contribution >= 0.6 is 0 Å². The smallest absolute Gasteiger partial charge is 0.389 e. The fourth-order valence-corrected chi connectivity index (χ4v) is 1.79. The van der Waals surface area contributed by atoms with E-state index in [9.17, 15) is 18.3 Å². The van der Waals surface area contributed by atoms with Crippen molar-refractivity contribution in [1.29, 1.82) is 0 Å². The number of aliphatic hydroxyl groups is 1. The Morgan fingerprint density at radius 2 is 2.14 bits per heavy atom. The second kappa shape index (κ2) is 4.06. The summed E-state index contributed by atoms with van der Waals surface area (Å²) in [6, 6.07) is 0. The minimum Gasteiger partial charge on any atom is -0.390 e. The van der Waals surface area contributed by atoms with Crippen LogP contribution in [0.3, 0.4) is 0 Å². The van der Waals surface area contributed by atoms with Crippen molar-refractivity contribution in [3.63, 3.8) is 0 Å². The molecule has 0 bridgehead atoms. The number of halogens is 3. The Kier molecular flexibility index (Phi) is 3.42. The number of piperidine rings is 1. The summed E-state index contributed by atoms with van der Waals surface area (Å²) in [7, 11) is 0. The molecule has 2 nitrogen and oxygen atoms in total. The molecule has 0 radical (unpaired) electrons. The lowest BCUT2D eigenvalue weighted by Gasteiger charge is -2.38. The Morgan fingerprint density at radius 1 is 1.50 bits per heavy atom. The van der Waals surface area contributed by atoms with Crippen LogP contribution in [0.25, 0.3) is 0 Å². The third-order valence-electron chi connectivity index (χ3n) is 2.94. The quantitative estimate of drug-likeness (QED) is 0.728. The molecule has 1 saturated heterocycles. The number of hydrogen-bond donors (Lipinski definition) is 2. The molecule has 5 heteroatoms. The van der Waals surface area contributed by atoms with Crippen LogP contribution in [-0.2, 0) is 0 Å². The predicted octanol–water partition coefficient (Wildman–Crippen LogP) is 1.69. The van der Waals surface area contributed by atoms with Crippen molar-refractivity contribution >= 4 is 0 Å². The Balaban J connectivity index is 2.47. The van der Waals surface area contributed by atoms with Crippen molar-refractivity contribution in [2.45, 2.75) is 38.0 Å². The summed E-state index contributed by atoms with van der Waals surface area (Å²) in [5.41, 5.74) is -1.14. The second-order valence-electron chi connectivity index (χ2n) is 4.07. The molecular formula is C9H16F3NO. The molecule has 0 aliphatic carbocycles. The first-order valence-electron chi connectivity index (χ1n) is 4.83. The van der Waals surface area contributed by atoms with Gasteiger partial charge in [-0.15, -0.1) is 0 Å². The zero-order valence-corrected chi connectivity index (χ0v) is 8.19. The second-order valence-corrected chi connectivity index (χ2v) is 4.07. The van der Waals surface area contributed by atoms with Crippen LogP contribution in [0.4, 0.5) is 13.2 Å². The standard InChI is InChI=1S/C9H16F3NO/c1-7-6-13-5-4-8(7,14)2-3-9(10,11)12/h7,13-14H,2-6H2,1H3. The molecule has 1 fully saturated rings. The van der Waals surface area contributed by atoms with Crippen molar-refractivity contribution in [1.82, 2.24) is 5.32 Å². The normalized spacial score (nSPS) is 34.5. The molecule has 0 saturated carbocycles. The molecule has 1 aliphatic rings. The van der Waals surface area contributed by atoms with E-state index in [0.29, 0.717) is 19.5 Å². The van der Waals surface area contributed by atoms with Gasteiger partial charge in [0.15, 0.2) is 0 Å². The van der Waals surface area contributed by atoms with Crippen molar-refractivity contribution in [2.75, 3.05) is 13.1 Å². The van der Waals surface area contributed by atoms with Gasteiger partial charge < -0.3 is 10.4 Å². The van der Waals surface area contributed by atoms with Crippen LogP contribution in [0.15, 0.2) is 0 Å². The molecule has 1 heterocycles. The van der Waals surface area contributed by atoms with Gasteiger partial charge in [-0.05, 0) is 25.3 Å². The van der Waals surface area contributed by atoms with Crippen LogP contribution in [0, 0.1) is 5.92 Å². The van der Waals surface area contributed by atoms with Gasteiger partial charge in [-0.2, -0.15) is 13.2 Å². The Hall–Kier alpha value is -0.290. The van der Waals surface area contributed by atoms with Crippen molar-refractivity contribution < 1.29 is 18.3 Å². The van der Waals surface area contributed by atoms with Gasteiger partial charge in [-0.1, -0.05) is 6.92 Å². The van der Waals surface area contributed by atoms with E-state index in [0.717, 1.165) is 0 Å². The molecule has 84 valence electrons. The van der Waals surface area contributed by atoms with E-state index in [1.165, 1.54) is 0 Å². The number of rotatable bonds is 2. The van der Waals surface area contributed by atoms with E-state index >= 15 is 0 Å². The Bertz CT molecular complexity index is 195. The van der Waals surface area contributed by atoms with Crippen LogP contribution in [-0.4, -0.2) is 30.0 Å². The van der Waals surface area contributed by atoms with Gasteiger partial charge in [0.2, 0.25) is 0 Å². The maximum atomic E-state index is 12.0. The van der Waals surface area contributed by atoms with Crippen LogP contribution in [0.2, 0.25) is 0 Å². The summed E-state index contributed by atoms with van der Waals surface area (Å²) < 4.78 is 35.9. The van der Waals surface area contributed by atoms with Gasteiger partial charge >= 0.3 is 6.18 Å². The summed E-state index contributed by atoms with van der Waals surface area (Å²) in [4.78, 5) is 0. The third kappa shape index (κ3) is 3.13. The van der Waals surface area contributed by atoms with E-state index in [1.807, 2.05) is 0 Å². The molecule has 0 aromatic heterocycles. The molecule has 0 aromatic rings. The molecule has 2 unspecified atom stereocenters. The lowest BCUT2D eigenvalue weighted by molar-refractivity contribution is -0.153. The van der Waals surface area contributed by atoms with E-state index < -0.39 is 18.2 Å². The summed E-state index contributed by atoms with van der Waals surface area (Å²) in [6.45, 7) is 2.97.